The van der Waals surface area contributed by atoms with Crippen LogP contribution in [-0.4, -0.2) is 71.4 Å². The molecule has 364 valence electrons. The zero-order valence-corrected chi connectivity index (χ0v) is 38.9. The van der Waals surface area contributed by atoms with Crippen LogP contribution < -0.4 is 20.5 Å². The maximum absolute atomic E-state index is 12.6. The van der Waals surface area contributed by atoms with Crippen molar-refractivity contribution in [1.82, 2.24) is 15.1 Å². The Hall–Kier alpha value is -4.15. The molecule has 2 aromatic rings. The van der Waals surface area contributed by atoms with Gasteiger partial charge in [0.2, 0.25) is 11.8 Å². The number of nitrogens with one attached hydrogen (secondary N) is 1. The van der Waals surface area contributed by atoms with Gasteiger partial charge < -0.3 is 30.3 Å². The fourth-order valence-electron chi connectivity index (χ4n) is 15.1. The van der Waals surface area contributed by atoms with Crippen LogP contribution in [0.4, 0.5) is 9.59 Å². The van der Waals surface area contributed by atoms with Crippen LogP contribution >= 0.6 is 11.6 Å². The molecule has 6 saturated carbocycles. The van der Waals surface area contributed by atoms with E-state index in [-0.39, 0.29) is 62.5 Å². The minimum absolute atomic E-state index is 0. The Morgan fingerprint density at radius 3 is 1.53 bits per heavy atom. The van der Waals surface area contributed by atoms with E-state index in [0.29, 0.717) is 52.8 Å². The first-order valence-corrected chi connectivity index (χ1v) is 24.0. The number of nitrogens with two attached hydrogens (primary N) is 1. The van der Waals surface area contributed by atoms with Crippen LogP contribution in [-0.2, 0) is 9.59 Å². The molecule has 2 aromatic carbocycles. The molecular weight excluding hydrogens is 848 g/mol. The summed E-state index contributed by atoms with van der Waals surface area (Å²) in [5.74, 6) is 5.57. The van der Waals surface area contributed by atoms with Crippen molar-refractivity contribution in [2.45, 2.75) is 151 Å². The lowest BCUT2D eigenvalue weighted by Gasteiger charge is -2.60. The average Bonchev–Trinajstić information content (AvgIpc) is 3.76. The number of hydrogen-bond donors (Lipinski definition) is 2. The number of carbonyl (C=O) groups is 4. The van der Waals surface area contributed by atoms with Gasteiger partial charge in [0.05, 0.1) is 0 Å². The van der Waals surface area contributed by atoms with Gasteiger partial charge in [0.25, 0.3) is 0 Å². The van der Waals surface area contributed by atoms with Crippen molar-refractivity contribution < 1.29 is 28.7 Å². The van der Waals surface area contributed by atoms with Crippen LogP contribution in [0.15, 0.2) is 85.0 Å². The van der Waals surface area contributed by atoms with E-state index in [2.05, 4.69) is 49.9 Å². The van der Waals surface area contributed by atoms with Gasteiger partial charge in [-0.15, -0.1) is 0 Å². The Bertz CT molecular complexity index is 2080. The van der Waals surface area contributed by atoms with Crippen molar-refractivity contribution in [3.63, 3.8) is 0 Å². The molecular formula is C55H81ClN4O6. The highest BCUT2D eigenvalue weighted by atomic mass is 35.5. The third kappa shape index (κ3) is 9.48. The van der Waals surface area contributed by atoms with E-state index in [0.717, 1.165) is 56.3 Å². The smallest absolute Gasteiger partial charge is 0.412 e. The quantitative estimate of drug-likeness (QED) is 0.293. The second-order valence-electron chi connectivity index (χ2n) is 21.1. The van der Waals surface area contributed by atoms with Crippen LogP contribution in [0.3, 0.4) is 0 Å². The van der Waals surface area contributed by atoms with Crippen molar-refractivity contribution in [3.05, 3.63) is 85.0 Å². The molecule has 10 nitrogen and oxygen atoms in total. The Morgan fingerprint density at radius 2 is 1.05 bits per heavy atom. The lowest BCUT2D eigenvalue weighted by Crippen LogP contribution is -2.60. The second-order valence-corrected chi connectivity index (χ2v) is 21.4. The van der Waals surface area contributed by atoms with Gasteiger partial charge in [0.1, 0.15) is 11.5 Å². The van der Waals surface area contributed by atoms with E-state index >= 15 is 0 Å². The number of carbonyl (C=O) groups excluding carboxylic acids is 4. The number of ether oxygens (including phenoxy) is 2. The zero-order valence-electron chi connectivity index (χ0n) is 38.1. The second kappa shape index (κ2) is 20.6. The molecule has 6 fully saturated rings. The number of fused-ring (bicyclic) bond motifs is 10. The molecule has 0 saturated heterocycles. The molecule has 8 aliphatic rings. The number of rotatable bonds is 3. The van der Waals surface area contributed by atoms with E-state index in [4.69, 9.17) is 22.1 Å². The number of benzene rings is 2. The Labute approximate surface area is 401 Å². The van der Waals surface area contributed by atoms with Gasteiger partial charge in [0.15, 0.2) is 0 Å². The van der Waals surface area contributed by atoms with Crippen molar-refractivity contribution in [1.29, 1.82) is 0 Å². The van der Waals surface area contributed by atoms with E-state index in [1.54, 1.807) is 30.3 Å². The largest absolute Gasteiger partial charge is 0.415 e. The number of halogens is 1. The molecule has 0 aromatic heterocycles. The molecule has 0 bridgehead atoms. The molecule has 0 spiro atoms. The minimum Gasteiger partial charge on any atom is -0.415 e. The summed E-state index contributed by atoms with van der Waals surface area (Å²) in [7, 11) is 3.96. The van der Waals surface area contributed by atoms with Crippen molar-refractivity contribution in [3.8, 4) is 11.5 Å². The molecule has 2 aliphatic heterocycles. The highest BCUT2D eigenvalue weighted by Gasteiger charge is 2.62. The maximum Gasteiger partial charge on any atom is 0.412 e. The summed E-state index contributed by atoms with van der Waals surface area (Å²) in [6, 6.07) is 19.2. The van der Waals surface area contributed by atoms with E-state index in [9.17, 15) is 19.2 Å². The van der Waals surface area contributed by atoms with Crippen LogP contribution in [0.25, 0.3) is 0 Å². The molecule has 66 heavy (non-hydrogen) atoms. The summed E-state index contributed by atoms with van der Waals surface area (Å²) in [6.45, 7) is 9.62. The van der Waals surface area contributed by atoms with Crippen molar-refractivity contribution in [2.24, 2.45) is 62.9 Å². The fraction of sp³-hybridized carbons (Fsp3) is 0.636. The lowest BCUT2D eigenvalue weighted by molar-refractivity contribution is -0.138. The summed E-state index contributed by atoms with van der Waals surface area (Å²) in [4.78, 5) is 51.0. The number of hydrogen-bond acceptors (Lipinski definition) is 7. The van der Waals surface area contributed by atoms with Crippen molar-refractivity contribution >= 4 is 34.9 Å². The van der Waals surface area contributed by atoms with Gasteiger partial charge in [-0.1, -0.05) is 98.5 Å². The maximum atomic E-state index is 12.6. The van der Waals surface area contributed by atoms with Crippen LogP contribution in [0.2, 0.25) is 0 Å². The summed E-state index contributed by atoms with van der Waals surface area (Å²) in [6.07, 6.45) is 22.0. The van der Waals surface area contributed by atoms with Gasteiger partial charge in [-0.05, 0) is 160 Å². The molecule has 3 amide bonds. The Balaban J connectivity index is 0.000000204. The molecule has 10 rings (SSSR count). The first-order chi connectivity index (χ1) is 30.0. The van der Waals surface area contributed by atoms with Gasteiger partial charge in [0, 0.05) is 60.7 Å². The van der Waals surface area contributed by atoms with Crippen molar-refractivity contribution in [2.75, 3.05) is 14.1 Å². The summed E-state index contributed by atoms with van der Waals surface area (Å²) in [5.41, 5.74) is 6.37. The predicted octanol–water partition coefficient (Wildman–Crippen LogP) is 12.1. The number of amides is 3. The number of nitrogens with zero attached hydrogens (tertiary/aromatic N) is 2. The number of para-hydroxylation sites is 2. The molecule has 0 unspecified atom stereocenters. The molecule has 2 heterocycles. The third-order valence-corrected chi connectivity index (χ3v) is 18.6. The van der Waals surface area contributed by atoms with Crippen LogP contribution in [0.1, 0.15) is 127 Å². The van der Waals surface area contributed by atoms with E-state index < -0.39 is 5.43 Å². The van der Waals surface area contributed by atoms with E-state index in [1.165, 1.54) is 38.5 Å². The Kier molecular flexibility index (Phi) is 16.5. The summed E-state index contributed by atoms with van der Waals surface area (Å²) >= 11 is 4.95. The topological polar surface area (TPSA) is 131 Å². The molecule has 6 aliphatic carbocycles. The molecule has 11 heteroatoms. The Morgan fingerprint density at radius 1 is 0.606 bits per heavy atom. The average molecular weight is 930 g/mol. The normalized spacial score (nSPS) is 38.7. The summed E-state index contributed by atoms with van der Waals surface area (Å²) in [5, 5.41) is 3.21. The monoisotopic (exact) mass is 929 g/mol. The SMILES string of the molecule is C.C.C.CN1C(=O)C=C[C@]2(C)[C@H]3CC[C@]4(C)[C@@H](N)CC[C@H]4[C@@H]3CC[C@@H]12.CN1C(=O)C=C[C@]2(C)[C@H]3CC[C@]4(C)[C@@H](NC(=O)Oc5ccccc5)CC[C@H]4[C@@H]3CC[C@@H]12.O=C(Cl)Oc1ccccc1. The van der Waals surface area contributed by atoms with Crippen LogP contribution in [0.5, 0.6) is 11.5 Å². The van der Waals surface area contributed by atoms with E-state index in [1.807, 2.05) is 66.4 Å². The highest BCUT2D eigenvalue weighted by molar-refractivity contribution is 6.61. The first kappa shape index (κ1) is 52.8. The third-order valence-electron chi connectivity index (χ3n) is 18.5. The minimum atomic E-state index is -0.814. The highest BCUT2D eigenvalue weighted by Crippen LogP contribution is 2.65. The lowest BCUT2D eigenvalue weighted by atomic mass is 9.48. The van der Waals surface area contributed by atoms with Gasteiger partial charge in [-0.25, -0.2) is 9.59 Å². The number of likely N-dealkylation sites (N-methyl/N-ethyl adjacent to an activating group) is 2. The van der Waals surface area contributed by atoms with Gasteiger partial charge in [-0.2, -0.15) is 0 Å². The van der Waals surface area contributed by atoms with Gasteiger partial charge in [-0.3, -0.25) is 9.59 Å². The molecule has 14 atom stereocenters. The first-order valence-electron chi connectivity index (χ1n) is 23.6. The van der Waals surface area contributed by atoms with Gasteiger partial charge >= 0.3 is 11.5 Å². The summed E-state index contributed by atoms with van der Waals surface area (Å²) < 4.78 is 10.1. The molecule has 3 N–H and O–H groups in total. The standard InChI is InChI=1S/C26H34N2O3.C19H30N2O.C7H5ClO2.3CH4/c1-25-15-13-20-18(9-12-22-26(20,2)16-14-23(29)28(22)3)19(25)10-11-21(25)27-24(30)31-17-7-5-4-6-8-17;1-18-10-8-14-12(13(18)5-6-15(18)20)4-7-16-19(14,2)11-9-17(22)21(16)3;8-7(9)10-6-4-2-1-3-5-6;;;/h4-8,14,16,18-22H,9-13,15H2,1-3H3,(H,27,30);9,11-16H,4-8,10,20H2,1-3H3;1-5H;3*1H4/t18-,19-,20-,21-,22+,25-,26+;12-,13-,14-,15-,16+,18-,19+;;;;/m00..../s1. The molecule has 0 radical (unpaired) electrons. The predicted molar refractivity (Wildman–Crippen MR) is 266 cm³/mol. The fourth-order valence-corrected chi connectivity index (χ4v) is 15.2. The zero-order chi connectivity index (χ0) is 44.9. The van der Waals surface area contributed by atoms with Crippen LogP contribution in [0, 0.1) is 57.2 Å².